The van der Waals surface area contributed by atoms with Crippen LogP contribution in [0.1, 0.15) is 18.1 Å². The summed E-state index contributed by atoms with van der Waals surface area (Å²) in [5, 5.41) is 2.69. The maximum Gasteiger partial charge on any atom is 0.0655 e. The molecule has 2 aliphatic rings. The molecular weight excluding hydrogens is 302 g/mol. The molecule has 0 saturated carbocycles. The van der Waals surface area contributed by atoms with Crippen molar-refractivity contribution in [1.29, 1.82) is 0 Å². The molecule has 122 valence electrons. The molecule has 1 aliphatic carbocycles. The number of aryl methyl sites for hydroxylation is 1. The van der Waals surface area contributed by atoms with Crippen molar-refractivity contribution in [1.82, 2.24) is 0 Å². The number of anilines is 2. The highest BCUT2D eigenvalue weighted by atomic mass is 15.2. The first kappa shape index (κ1) is 14.5. The van der Waals surface area contributed by atoms with Crippen LogP contribution in [0.3, 0.4) is 0 Å². The van der Waals surface area contributed by atoms with E-state index in [1.807, 2.05) is 0 Å². The number of fused-ring (bicyclic) bond motifs is 5. The van der Waals surface area contributed by atoms with E-state index in [1.165, 1.54) is 33.3 Å². The van der Waals surface area contributed by atoms with Gasteiger partial charge < -0.3 is 4.90 Å². The highest BCUT2D eigenvalue weighted by Crippen LogP contribution is 2.54. The molecule has 0 fully saturated rings. The monoisotopic (exact) mass is 323 g/mol. The molecule has 0 amide bonds. The predicted octanol–water partition coefficient (Wildman–Crippen LogP) is 6.05. The maximum atomic E-state index is 2.52. The van der Waals surface area contributed by atoms with E-state index in [2.05, 4.69) is 104 Å². The van der Waals surface area contributed by atoms with Crippen LogP contribution in [0.4, 0.5) is 11.4 Å². The molecule has 1 aliphatic heterocycles. The minimum atomic E-state index is -0.00524. The summed E-state index contributed by atoms with van der Waals surface area (Å²) in [5.41, 5.74) is 5.39. The summed E-state index contributed by atoms with van der Waals surface area (Å²) in [6.07, 6.45) is 9.09. The summed E-state index contributed by atoms with van der Waals surface area (Å²) in [4.78, 5) is 2.52. The lowest BCUT2D eigenvalue weighted by atomic mass is 9.75. The van der Waals surface area contributed by atoms with Crippen LogP contribution in [-0.2, 0) is 5.41 Å². The second kappa shape index (κ2) is 5.10. The predicted molar refractivity (Wildman–Crippen MR) is 107 cm³/mol. The summed E-state index contributed by atoms with van der Waals surface area (Å²) in [6, 6.07) is 22.3. The zero-order valence-electron chi connectivity index (χ0n) is 14.6. The lowest BCUT2D eigenvalue weighted by molar-refractivity contribution is 0.550. The van der Waals surface area contributed by atoms with Crippen molar-refractivity contribution in [3.8, 4) is 0 Å². The summed E-state index contributed by atoms with van der Waals surface area (Å²) in [6.45, 7) is 4.60. The van der Waals surface area contributed by atoms with E-state index < -0.39 is 0 Å². The van der Waals surface area contributed by atoms with Gasteiger partial charge in [-0.2, -0.15) is 0 Å². The Morgan fingerprint density at radius 2 is 1.60 bits per heavy atom. The van der Waals surface area contributed by atoms with Gasteiger partial charge in [0.15, 0.2) is 0 Å². The summed E-state index contributed by atoms with van der Waals surface area (Å²) < 4.78 is 0. The first-order valence-electron chi connectivity index (χ1n) is 8.93. The normalized spacial score (nSPS) is 23.8. The first-order chi connectivity index (χ1) is 12.2. The van der Waals surface area contributed by atoms with Crippen LogP contribution in [0, 0.1) is 6.92 Å². The second-order valence-corrected chi connectivity index (χ2v) is 7.31. The topological polar surface area (TPSA) is 3.24 Å². The molecule has 1 heteroatoms. The minimum absolute atomic E-state index is 0.00524. The SMILES string of the molecule is Cc1cc2c(c3ccccc13)N(c1ccccc1)C1C=CC=CC21C. The van der Waals surface area contributed by atoms with Crippen molar-refractivity contribution < 1.29 is 0 Å². The molecule has 2 atom stereocenters. The third-order valence-electron chi connectivity index (χ3n) is 5.82. The Morgan fingerprint density at radius 1 is 0.880 bits per heavy atom. The Morgan fingerprint density at radius 3 is 2.40 bits per heavy atom. The van der Waals surface area contributed by atoms with Crippen LogP contribution < -0.4 is 4.90 Å². The van der Waals surface area contributed by atoms with Crippen molar-refractivity contribution in [2.24, 2.45) is 0 Å². The standard InChI is InChI=1S/C24H21N/c1-17-16-21-23(20-13-7-6-12-19(17)20)25(18-10-4-3-5-11-18)22-14-8-9-15-24(21,22)2/h3-16,22H,1-2H3. The van der Waals surface area contributed by atoms with E-state index in [0.717, 1.165) is 0 Å². The van der Waals surface area contributed by atoms with Gasteiger partial charge in [0.05, 0.1) is 11.7 Å². The van der Waals surface area contributed by atoms with E-state index in [-0.39, 0.29) is 5.41 Å². The average Bonchev–Trinajstić information content (AvgIpc) is 2.92. The van der Waals surface area contributed by atoms with Gasteiger partial charge >= 0.3 is 0 Å². The third-order valence-corrected chi connectivity index (χ3v) is 5.82. The number of hydrogen-bond acceptors (Lipinski definition) is 1. The molecule has 3 aromatic carbocycles. The van der Waals surface area contributed by atoms with Crippen molar-refractivity contribution in [2.75, 3.05) is 4.90 Å². The summed E-state index contributed by atoms with van der Waals surface area (Å²) in [7, 11) is 0. The fourth-order valence-corrected chi connectivity index (χ4v) is 4.56. The zero-order chi connectivity index (χ0) is 17.0. The Kier molecular flexibility index (Phi) is 2.96. The molecule has 0 N–H and O–H groups in total. The van der Waals surface area contributed by atoms with Crippen LogP contribution in [0.5, 0.6) is 0 Å². The van der Waals surface area contributed by atoms with Crippen LogP contribution in [-0.4, -0.2) is 6.04 Å². The number of rotatable bonds is 1. The van der Waals surface area contributed by atoms with Gasteiger partial charge in [-0.3, -0.25) is 0 Å². The molecule has 0 saturated heterocycles. The molecule has 0 spiro atoms. The van der Waals surface area contributed by atoms with Gasteiger partial charge in [0.1, 0.15) is 0 Å². The quantitative estimate of drug-likeness (QED) is 0.527. The van der Waals surface area contributed by atoms with Crippen molar-refractivity contribution in [2.45, 2.75) is 25.3 Å². The van der Waals surface area contributed by atoms with E-state index >= 15 is 0 Å². The Labute approximate surface area is 148 Å². The number of para-hydroxylation sites is 1. The van der Waals surface area contributed by atoms with Gasteiger partial charge in [-0.1, -0.05) is 72.8 Å². The minimum Gasteiger partial charge on any atom is -0.333 e. The fraction of sp³-hybridized carbons (Fsp3) is 0.167. The highest BCUT2D eigenvalue weighted by Gasteiger charge is 2.47. The number of hydrogen-bond donors (Lipinski definition) is 0. The van der Waals surface area contributed by atoms with Gasteiger partial charge in [-0.15, -0.1) is 0 Å². The van der Waals surface area contributed by atoms with Gasteiger partial charge in [0.2, 0.25) is 0 Å². The van der Waals surface area contributed by atoms with Gasteiger partial charge in [0.25, 0.3) is 0 Å². The molecule has 1 heterocycles. The molecule has 0 bridgehead atoms. The van der Waals surface area contributed by atoms with Crippen LogP contribution >= 0.6 is 0 Å². The average molecular weight is 323 g/mol. The first-order valence-corrected chi connectivity index (χ1v) is 8.93. The lowest BCUT2D eigenvalue weighted by Crippen LogP contribution is -2.39. The summed E-state index contributed by atoms with van der Waals surface area (Å²) in [5.74, 6) is 0. The largest absolute Gasteiger partial charge is 0.333 e. The molecule has 3 aromatic rings. The van der Waals surface area contributed by atoms with E-state index in [4.69, 9.17) is 0 Å². The van der Waals surface area contributed by atoms with Gasteiger partial charge in [0, 0.05) is 16.5 Å². The smallest absolute Gasteiger partial charge is 0.0655 e. The zero-order valence-corrected chi connectivity index (χ0v) is 14.6. The van der Waals surface area contributed by atoms with Crippen LogP contribution in [0.2, 0.25) is 0 Å². The second-order valence-electron chi connectivity index (χ2n) is 7.31. The van der Waals surface area contributed by atoms with E-state index in [9.17, 15) is 0 Å². The Balaban J connectivity index is 1.90. The number of benzene rings is 3. The fourth-order valence-electron chi connectivity index (χ4n) is 4.56. The van der Waals surface area contributed by atoms with Crippen molar-refractivity contribution in [3.63, 3.8) is 0 Å². The number of allylic oxidation sites excluding steroid dienone is 2. The lowest BCUT2D eigenvalue weighted by Gasteiger charge is -2.34. The molecule has 0 aromatic heterocycles. The van der Waals surface area contributed by atoms with E-state index in [0.29, 0.717) is 6.04 Å². The third kappa shape index (κ3) is 1.90. The molecule has 25 heavy (non-hydrogen) atoms. The van der Waals surface area contributed by atoms with Gasteiger partial charge in [-0.25, -0.2) is 0 Å². The molecule has 5 rings (SSSR count). The molecule has 2 unspecified atom stereocenters. The molecule has 0 radical (unpaired) electrons. The molecular formula is C24H21N. The van der Waals surface area contributed by atoms with Crippen LogP contribution in [0.25, 0.3) is 10.8 Å². The number of nitrogens with zero attached hydrogens (tertiary/aromatic N) is 1. The molecule has 1 nitrogen and oxygen atoms in total. The highest BCUT2D eigenvalue weighted by molar-refractivity contribution is 6.02. The Hall–Kier alpha value is -2.80. The van der Waals surface area contributed by atoms with Crippen molar-refractivity contribution >= 4 is 22.1 Å². The van der Waals surface area contributed by atoms with Crippen molar-refractivity contribution in [3.05, 3.63) is 96.1 Å². The Bertz CT molecular complexity index is 1030. The maximum absolute atomic E-state index is 2.52. The van der Waals surface area contributed by atoms with Crippen LogP contribution in [0.15, 0.2) is 85.0 Å². The summed E-state index contributed by atoms with van der Waals surface area (Å²) >= 11 is 0. The van der Waals surface area contributed by atoms with Gasteiger partial charge in [-0.05, 0) is 42.5 Å². The van der Waals surface area contributed by atoms with E-state index in [1.54, 1.807) is 0 Å².